The summed E-state index contributed by atoms with van der Waals surface area (Å²) < 4.78 is 45.6. The molecular formula is C20H21ClF3N3O3. The summed E-state index contributed by atoms with van der Waals surface area (Å²) in [5, 5.41) is 3.96. The highest BCUT2D eigenvalue weighted by atomic mass is 35.5. The number of piperidine rings is 1. The number of hydrogen-bond donors (Lipinski definition) is 0. The SMILES string of the molecule is Cn1nccc(CCC(=O)N2CCC(Oc3cc(C(F)(F)F)ccc3Cl)CC2)c1=O. The first-order valence-corrected chi connectivity index (χ1v) is 9.85. The first kappa shape index (κ1) is 22.1. The van der Waals surface area contributed by atoms with Gasteiger partial charge in [-0.3, -0.25) is 9.59 Å². The van der Waals surface area contributed by atoms with Crippen LogP contribution in [0.25, 0.3) is 0 Å². The van der Waals surface area contributed by atoms with Crippen LogP contribution in [0, 0.1) is 0 Å². The van der Waals surface area contributed by atoms with Crippen LogP contribution in [0.1, 0.15) is 30.4 Å². The highest BCUT2D eigenvalue weighted by Crippen LogP contribution is 2.36. The average molecular weight is 444 g/mol. The van der Waals surface area contributed by atoms with Crippen LogP contribution in [0.2, 0.25) is 5.02 Å². The van der Waals surface area contributed by atoms with Crippen LogP contribution in [0.3, 0.4) is 0 Å². The van der Waals surface area contributed by atoms with E-state index in [9.17, 15) is 22.8 Å². The Hall–Kier alpha value is -2.55. The maximum Gasteiger partial charge on any atom is 0.416 e. The van der Waals surface area contributed by atoms with Crippen molar-refractivity contribution in [2.75, 3.05) is 13.1 Å². The second-order valence-corrected chi connectivity index (χ2v) is 7.53. The van der Waals surface area contributed by atoms with Crippen molar-refractivity contribution in [3.8, 4) is 5.75 Å². The number of hydrogen-bond acceptors (Lipinski definition) is 4. The van der Waals surface area contributed by atoms with Crippen molar-refractivity contribution >= 4 is 17.5 Å². The number of likely N-dealkylation sites (tertiary alicyclic amines) is 1. The number of nitrogens with zero attached hydrogens (tertiary/aromatic N) is 3. The Bertz CT molecular complexity index is 970. The molecule has 0 radical (unpaired) electrons. The molecule has 10 heteroatoms. The zero-order chi connectivity index (χ0) is 21.9. The quantitative estimate of drug-likeness (QED) is 0.710. The van der Waals surface area contributed by atoms with E-state index in [4.69, 9.17) is 16.3 Å². The van der Waals surface area contributed by atoms with Gasteiger partial charge in [0.2, 0.25) is 5.91 Å². The number of ether oxygens (including phenoxy) is 1. The predicted octanol–water partition coefficient (Wildman–Crippen LogP) is 3.46. The number of aromatic nitrogens is 2. The van der Waals surface area contributed by atoms with Crippen LogP contribution in [0.5, 0.6) is 5.75 Å². The maximum atomic E-state index is 12.9. The van der Waals surface area contributed by atoms with Gasteiger partial charge in [-0.2, -0.15) is 18.3 Å². The largest absolute Gasteiger partial charge is 0.489 e. The summed E-state index contributed by atoms with van der Waals surface area (Å²) in [6.45, 7) is 0.850. The van der Waals surface area contributed by atoms with E-state index in [0.717, 1.165) is 12.1 Å². The molecule has 1 aromatic carbocycles. The first-order valence-electron chi connectivity index (χ1n) is 9.47. The number of benzene rings is 1. The summed E-state index contributed by atoms with van der Waals surface area (Å²) in [4.78, 5) is 26.1. The molecule has 162 valence electrons. The van der Waals surface area contributed by atoms with Crippen molar-refractivity contribution in [1.29, 1.82) is 0 Å². The molecular weight excluding hydrogens is 423 g/mol. The van der Waals surface area contributed by atoms with E-state index in [1.807, 2.05) is 0 Å². The van der Waals surface area contributed by atoms with E-state index in [-0.39, 0.29) is 34.8 Å². The minimum Gasteiger partial charge on any atom is -0.489 e. The van der Waals surface area contributed by atoms with E-state index in [2.05, 4.69) is 5.10 Å². The van der Waals surface area contributed by atoms with Gasteiger partial charge in [-0.1, -0.05) is 11.6 Å². The van der Waals surface area contributed by atoms with Crippen molar-refractivity contribution in [2.24, 2.45) is 7.05 Å². The molecule has 1 aliphatic heterocycles. The Morgan fingerprint density at radius 2 is 1.97 bits per heavy atom. The number of halogens is 4. The van der Waals surface area contributed by atoms with Gasteiger partial charge in [0, 0.05) is 51.2 Å². The Kier molecular flexibility index (Phi) is 6.70. The molecule has 6 nitrogen and oxygen atoms in total. The fourth-order valence-electron chi connectivity index (χ4n) is 3.32. The molecule has 0 saturated carbocycles. The van der Waals surface area contributed by atoms with Crippen LogP contribution in [-0.2, 0) is 24.4 Å². The van der Waals surface area contributed by atoms with E-state index in [1.54, 1.807) is 18.0 Å². The molecule has 0 aliphatic carbocycles. The molecule has 1 amide bonds. The summed E-state index contributed by atoms with van der Waals surface area (Å²) in [6.07, 6.45) is -1.81. The lowest BCUT2D eigenvalue weighted by molar-refractivity contribution is -0.138. The third-order valence-electron chi connectivity index (χ3n) is 5.04. The van der Waals surface area contributed by atoms with E-state index in [0.29, 0.717) is 37.9 Å². The fourth-order valence-corrected chi connectivity index (χ4v) is 3.48. The number of rotatable bonds is 5. The summed E-state index contributed by atoms with van der Waals surface area (Å²) in [5.41, 5.74) is -0.523. The summed E-state index contributed by atoms with van der Waals surface area (Å²) in [6, 6.07) is 4.58. The molecule has 1 aromatic heterocycles. The van der Waals surface area contributed by atoms with Crippen LogP contribution >= 0.6 is 11.6 Å². The minimum absolute atomic E-state index is 0.00944. The standard InChI is InChI=1S/C20H21ClF3N3O3/c1-26-19(29)13(6-9-25-26)2-5-18(28)27-10-7-15(8-11-27)30-17-12-14(20(22,23)24)3-4-16(17)21/h3-4,6,9,12,15H,2,5,7-8,10-11H2,1H3. The van der Waals surface area contributed by atoms with Crippen molar-refractivity contribution in [1.82, 2.24) is 14.7 Å². The second-order valence-electron chi connectivity index (χ2n) is 7.13. The van der Waals surface area contributed by atoms with Crippen LogP contribution < -0.4 is 10.3 Å². The van der Waals surface area contributed by atoms with E-state index >= 15 is 0 Å². The molecule has 0 unspecified atom stereocenters. The zero-order valence-corrected chi connectivity index (χ0v) is 17.0. The molecule has 0 spiro atoms. The maximum absolute atomic E-state index is 12.9. The lowest BCUT2D eigenvalue weighted by atomic mass is 10.1. The molecule has 0 bridgehead atoms. The number of aryl methyl sites for hydroxylation is 2. The smallest absolute Gasteiger partial charge is 0.416 e. The third-order valence-corrected chi connectivity index (χ3v) is 5.35. The van der Waals surface area contributed by atoms with Gasteiger partial charge < -0.3 is 9.64 Å². The summed E-state index contributed by atoms with van der Waals surface area (Å²) >= 11 is 5.98. The van der Waals surface area contributed by atoms with Crippen LogP contribution in [0.15, 0.2) is 35.3 Å². The fraction of sp³-hybridized carbons (Fsp3) is 0.450. The normalized spacial score (nSPS) is 15.3. The highest BCUT2D eigenvalue weighted by Gasteiger charge is 2.32. The van der Waals surface area contributed by atoms with Crippen molar-refractivity contribution < 1.29 is 22.7 Å². The average Bonchev–Trinajstić information content (AvgIpc) is 2.70. The minimum atomic E-state index is -4.48. The van der Waals surface area contributed by atoms with Gasteiger partial charge >= 0.3 is 6.18 Å². The second kappa shape index (κ2) is 9.07. The van der Waals surface area contributed by atoms with Gasteiger partial charge in [0.25, 0.3) is 5.56 Å². The molecule has 0 atom stereocenters. The third kappa shape index (κ3) is 5.33. The van der Waals surface area contributed by atoms with Crippen molar-refractivity contribution in [2.45, 2.75) is 38.0 Å². The Balaban J connectivity index is 1.53. The lowest BCUT2D eigenvalue weighted by Gasteiger charge is -2.32. The molecule has 1 saturated heterocycles. The first-order chi connectivity index (χ1) is 14.1. The summed E-state index contributed by atoms with van der Waals surface area (Å²) in [7, 11) is 1.55. The Labute approximate surface area is 176 Å². The molecule has 1 aliphatic rings. The molecule has 1 fully saturated rings. The number of carbonyl (C=O) groups excluding carboxylic acids is 1. The molecule has 3 rings (SSSR count). The van der Waals surface area contributed by atoms with Crippen molar-refractivity contribution in [3.05, 3.63) is 57.0 Å². The van der Waals surface area contributed by atoms with Gasteiger partial charge in [-0.15, -0.1) is 0 Å². The van der Waals surface area contributed by atoms with Gasteiger partial charge in [-0.05, 0) is 30.7 Å². The predicted molar refractivity (Wildman–Crippen MR) is 104 cm³/mol. The van der Waals surface area contributed by atoms with Crippen molar-refractivity contribution in [3.63, 3.8) is 0 Å². The monoisotopic (exact) mass is 443 g/mol. The Morgan fingerprint density at radius 1 is 1.27 bits per heavy atom. The van der Waals surface area contributed by atoms with Gasteiger partial charge in [0.05, 0.1) is 10.6 Å². The molecule has 30 heavy (non-hydrogen) atoms. The van der Waals surface area contributed by atoms with Gasteiger partial charge in [-0.25, -0.2) is 4.68 Å². The molecule has 2 aromatic rings. The number of carbonyl (C=O) groups is 1. The van der Waals surface area contributed by atoms with Gasteiger partial charge in [0.1, 0.15) is 11.9 Å². The number of alkyl halides is 3. The zero-order valence-electron chi connectivity index (χ0n) is 16.3. The number of amides is 1. The highest BCUT2D eigenvalue weighted by molar-refractivity contribution is 6.32. The molecule has 0 N–H and O–H groups in total. The van der Waals surface area contributed by atoms with Crippen LogP contribution in [-0.4, -0.2) is 39.8 Å². The summed E-state index contributed by atoms with van der Waals surface area (Å²) in [5.74, 6) is -0.0887. The van der Waals surface area contributed by atoms with E-state index < -0.39 is 11.7 Å². The van der Waals surface area contributed by atoms with E-state index in [1.165, 1.54) is 16.9 Å². The topological polar surface area (TPSA) is 64.4 Å². The van der Waals surface area contributed by atoms with Gasteiger partial charge in [0.15, 0.2) is 0 Å². The molecule has 2 heterocycles. The van der Waals surface area contributed by atoms with Crippen LogP contribution in [0.4, 0.5) is 13.2 Å². The Morgan fingerprint density at radius 3 is 2.63 bits per heavy atom. The lowest BCUT2D eigenvalue weighted by Crippen LogP contribution is -2.42.